The third-order valence-corrected chi connectivity index (χ3v) is 6.68. The number of amides is 1. The maximum Gasteiger partial charge on any atom is 0.268 e. The van der Waals surface area contributed by atoms with Gasteiger partial charge < -0.3 is 4.74 Å². The molecule has 0 aliphatic rings. The topological polar surface area (TPSA) is 72.5 Å². The van der Waals surface area contributed by atoms with E-state index < -0.39 is 15.9 Å². The van der Waals surface area contributed by atoms with E-state index >= 15 is 0 Å². The van der Waals surface area contributed by atoms with Crippen LogP contribution >= 0.6 is 27.5 Å². The summed E-state index contributed by atoms with van der Waals surface area (Å²) >= 11 is 9.38. The molecule has 0 aliphatic heterocycles. The number of benzene rings is 3. The van der Waals surface area contributed by atoms with E-state index in [2.05, 4.69) is 20.7 Å². The van der Waals surface area contributed by atoms with E-state index in [0.717, 1.165) is 5.56 Å². The number of sulfonamides is 1. The van der Waals surface area contributed by atoms with Crippen LogP contribution in [0.15, 0.2) is 76.1 Å². The van der Waals surface area contributed by atoms with Crippen LogP contribution in [0.4, 0.5) is 0 Å². The Kier molecular flexibility index (Phi) is 6.62. The molecule has 0 saturated heterocycles. The number of hydrogen-bond donors (Lipinski definition) is 1. The van der Waals surface area contributed by atoms with Crippen LogP contribution in [0.25, 0.3) is 0 Å². The van der Waals surface area contributed by atoms with E-state index in [1.165, 1.54) is 18.2 Å². The van der Waals surface area contributed by atoms with Crippen molar-refractivity contribution in [2.45, 2.75) is 18.4 Å². The normalized spacial score (nSPS) is 11.1. The van der Waals surface area contributed by atoms with Crippen molar-refractivity contribution in [2.75, 3.05) is 0 Å². The molecule has 0 bridgehead atoms. The Hall–Kier alpha value is -2.35. The van der Waals surface area contributed by atoms with Gasteiger partial charge in [0.25, 0.3) is 15.9 Å². The highest BCUT2D eigenvalue weighted by molar-refractivity contribution is 9.10. The molecule has 0 fully saturated rings. The third kappa shape index (κ3) is 4.98. The lowest BCUT2D eigenvalue weighted by Gasteiger charge is -2.14. The van der Waals surface area contributed by atoms with Gasteiger partial charge in [-0.3, -0.25) is 4.79 Å². The zero-order chi connectivity index (χ0) is 21.0. The molecule has 0 saturated carbocycles. The van der Waals surface area contributed by atoms with Gasteiger partial charge in [-0.05, 0) is 58.2 Å². The zero-order valence-electron chi connectivity index (χ0n) is 15.4. The van der Waals surface area contributed by atoms with Crippen molar-refractivity contribution < 1.29 is 17.9 Å². The van der Waals surface area contributed by atoms with Crippen LogP contribution in [0, 0.1) is 6.92 Å². The Morgan fingerprint density at radius 1 is 1.03 bits per heavy atom. The second-order valence-corrected chi connectivity index (χ2v) is 9.10. The van der Waals surface area contributed by atoms with Gasteiger partial charge in [-0.1, -0.05) is 54.1 Å². The van der Waals surface area contributed by atoms with E-state index in [4.69, 9.17) is 16.3 Å². The molecular weight excluding hydrogens is 478 g/mol. The number of rotatable bonds is 6. The summed E-state index contributed by atoms with van der Waals surface area (Å²) in [6.45, 7) is 1.80. The highest BCUT2D eigenvalue weighted by atomic mass is 79.9. The average Bonchev–Trinajstić information content (AvgIpc) is 2.69. The molecule has 29 heavy (non-hydrogen) atoms. The Morgan fingerprint density at radius 2 is 1.72 bits per heavy atom. The largest absolute Gasteiger partial charge is 0.487 e. The maximum atomic E-state index is 12.8. The van der Waals surface area contributed by atoms with E-state index in [1.807, 2.05) is 30.3 Å². The van der Waals surface area contributed by atoms with Crippen molar-refractivity contribution in [3.63, 3.8) is 0 Å². The third-order valence-electron chi connectivity index (χ3n) is 4.17. The number of ether oxygens (including phenoxy) is 1. The number of carbonyl (C=O) groups is 1. The molecule has 0 unspecified atom stereocenters. The summed E-state index contributed by atoms with van der Waals surface area (Å²) in [5, 5.41) is 0.301. The first-order chi connectivity index (χ1) is 13.8. The molecule has 1 N–H and O–H groups in total. The Morgan fingerprint density at radius 3 is 2.45 bits per heavy atom. The SMILES string of the molecule is Cc1c(Cl)cccc1S(=O)(=O)NC(=O)c1cccc(Br)c1OCc1ccccc1. The van der Waals surface area contributed by atoms with Gasteiger partial charge in [-0.2, -0.15) is 0 Å². The molecule has 3 aromatic rings. The van der Waals surface area contributed by atoms with E-state index in [1.54, 1.807) is 25.1 Å². The van der Waals surface area contributed by atoms with E-state index in [9.17, 15) is 13.2 Å². The Labute approximate surface area is 182 Å². The maximum absolute atomic E-state index is 12.8. The predicted octanol–water partition coefficient (Wildman–Crippen LogP) is 5.11. The summed E-state index contributed by atoms with van der Waals surface area (Å²) in [6, 6.07) is 18.8. The summed E-state index contributed by atoms with van der Waals surface area (Å²) in [4.78, 5) is 12.7. The van der Waals surface area contributed by atoms with Crippen LogP contribution in [-0.2, 0) is 16.6 Å². The number of carbonyl (C=O) groups excluding carboxylic acids is 1. The van der Waals surface area contributed by atoms with Crippen molar-refractivity contribution in [3.8, 4) is 5.75 Å². The second kappa shape index (κ2) is 8.98. The number of nitrogens with one attached hydrogen (secondary N) is 1. The number of halogens is 2. The lowest BCUT2D eigenvalue weighted by molar-refractivity contribution is 0.0977. The first kappa shape index (κ1) is 21.4. The first-order valence-corrected chi connectivity index (χ1v) is 11.2. The molecule has 3 rings (SSSR count). The molecule has 5 nitrogen and oxygen atoms in total. The smallest absolute Gasteiger partial charge is 0.268 e. The molecule has 1 amide bonds. The fourth-order valence-corrected chi connectivity index (χ4v) is 4.62. The number of para-hydroxylation sites is 1. The minimum atomic E-state index is -4.11. The van der Waals surface area contributed by atoms with Crippen LogP contribution in [0.3, 0.4) is 0 Å². The van der Waals surface area contributed by atoms with Gasteiger partial charge in [0.1, 0.15) is 12.4 Å². The van der Waals surface area contributed by atoms with Gasteiger partial charge in [0.05, 0.1) is 14.9 Å². The van der Waals surface area contributed by atoms with Gasteiger partial charge in [-0.15, -0.1) is 0 Å². The second-order valence-electron chi connectivity index (χ2n) is 6.19. The van der Waals surface area contributed by atoms with Gasteiger partial charge in [-0.25, -0.2) is 13.1 Å². The molecule has 0 heterocycles. The van der Waals surface area contributed by atoms with Gasteiger partial charge in [0.2, 0.25) is 0 Å². The predicted molar refractivity (Wildman–Crippen MR) is 116 cm³/mol. The minimum Gasteiger partial charge on any atom is -0.487 e. The minimum absolute atomic E-state index is 0.0555. The zero-order valence-corrected chi connectivity index (χ0v) is 18.5. The summed E-state index contributed by atoms with van der Waals surface area (Å²) in [7, 11) is -4.11. The average molecular weight is 495 g/mol. The summed E-state index contributed by atoms with van der Waals surface area (Å²) in [6.07, 6.45) is 0. The quantitative estimate of drug-likeness (QED) is 0.517. The molecule has 0 spiro atoms. The van der Waals surface area contributed by atoms with E-state index in [-0.39, 0.29) is 22.8 Å². The summed E-state index contributed by atoms with van der Waals surface area (Å²) < 4.78 is 33.9. The van der Waals surface area contributed by atoms with Crippen LogP contribution in [0.5, 0.6) is 5.75 Å². The highest BCUT2D eigenvalue weighted by Gasteiger charge is 2.24. The van der Waals surface area contributed by atoms with Crippen molar-refractivity contribution in [1.82, 2.24) is 4.72 Å². The highest BCUT2D eigenvalue weighted by Crippen LogP contribution is 2.30. The van der Waals surface area contributed by atoms with Gasteiger partial charge >= 0.3 is 0 Å². The molecular formula is C21H17BrClNO4S. The van der Waals surface area contributed by atoms with Crippen LogP contribution in [-0.4, -0.2) is 14.3 Å². The van der Waals surface area contributed by atoms with E-state index in [0.29, 0.717) is 15.1 Å². The van der Waals surface area contributed by atoms with Crippen molar-refractivity contribution >= 4 is 43.5 Å². The van der Waals surface area contributed by atoms with Crippen molar-refractivity contribution in [3.05, 3.63) is 92.9 Å². The van der Waals surface area contributed by atoms with Gasteiger partial charge in [0, 0.05) is 5.02 Å². The molecule has 8 heteroatoms. The number of hydrogen-bond acceptors (Lipinski definition) is 4. The molecule has 0 aliphatic carbocycles. The van der Waals surface area contributed by atoms with Crippen molar-refractivity contribution in [1.29, 1.82) is 0 Å². The Bertz CT molecular complexity index is 1150. The molecule has 0 atom stereocenters. The first-order valence-electron chi connectivity index (χ1n) is 8.57. The molecule has 150 valence electrons. The van der Waals surface area contributed by atoms with Crippen molar-refractivity contribution in [2.24, 2.45) is 0 Å². The Balaban J connectivity index is 1.87. The molecule has 3 aromatic carbocycles. The fourth-order valence-electron chi connectivity index (χ4n) is 2.67. The lowest BCUT2D eigenvalue weighted by atomic mass is 10.2. The molecule has 0 aromatic heterocycles. The summed E-state index contributed by atoms with van der Waals surface area (Å²) in [5.74, 6) is -0.541. The van der Waals surface area contributed by atoms with Gasteiger partial charge in [0.15, 0.2) is 0 Å². The van der Waals surface area contributed by atoms with Crippen LogP contribution in [0.2, 0.25) is 5.02 Å². The lowest BCUT2D eigenvalue weighted by Crippen LogP contribution is -2.31. The fraction of sp³-hybridized carbons (Fsp3) is 0.0952. The van der Waals surface area contributed by atoms with Crippen LogP contribution < -0.4 is 9.46 Å². The monoisotopic (exact) mass is 493 g/mol. The van der Waals surface area contributed by atoms with Crippen LogP contribution in [0.1, 0.15) is 21.5 Å². The molecule has 0 radical (unpaired) electrons. The standard InChI is InChI=1S/C21H17BrClNO4S/c1-14-18(23)11-6-12-19(14)29(26,27)24-21(25)16-9-5-10-17(22)20(16)28-13-15-7-3-2-4-8-15/h2-12H,13H2,1H3,(H,24,25). The summed E-state index contributed by atoms with van der Waals surface area (Å²) in [5.41, 5.74) is 1.37.